The molecule has 9 atom stereocenters. The number of nitrogens with one attached hydrogen (secondary N) is 2. The van der Waals surface area contributed by atoms with Gasteiger partial charge in [0.05, 0.1) is 90.8 Å². The van der Waals surface area contributed by atoms with Crippen molar-refractivity contribution in [3.05, 3.63) is 0 Å². The molecule has 2 saturated carbocycles. The minimum atomic E-state index is -0.948. The van der Waals surface area contributed by atoms with Crippen LogP contribution in [0.4, 0.5) is 4.79 Å². The van der Waals surface area contributed by atoms with Crippen molar-refractivity contribution >= 4 is 23.9 Å². The first kappa shape index (κ1) is 79.4. The van der Waals surface area contributed by atoms with Gasteiger partial charge in [0.25, 0.3) is 0 Å². The number of carbonyl (C=O) groups excluding carboxylic acids is 2. The van der Waals surface area contributed by atoms with Gasteiger partial charge in [-0.15, -0.1) is 0 Å². The van der Waals surface area contributed by atoms with Gasteiger partial charge in [-0.25, -0.2) is 4.79 Å². The van der Waals surface area contributed by atoms with Gasteiger partial charge < -0.3 is 76.1 Å². The summed E-state index contributed by atoms with van der Waals surface area (Å²) < 4.78 is 43.2. The summed E-state index contributed by atoms with van der Waals surface area (Å²) in [5.74, 6) is 0.123. The van der Waals surface area contributed by atoms with Gasteiger partial charge >= 0.3 is 18.0 Å². The predicted octanol–water partition coefficient (Wildman–Crippen LogP) is 6.54. The second-order valence-electron chi connectivity index (χ2n) is 26.1. The van der Waals surface area contributed by atoms with Crippen molar-refractivity contribution in [2.75, 3.05) is 177 Å². The van der Waals surface area contributed by atoms with E-state index in [0.717, 1.165) is 90.1 Å². The monoisotopic (exact) mass is 1260 g/mol. The number of urea groups is 1. The van der Waals surface area contributed by atoms with Gasteiger partial charge in [-0.05, 0) is 138 Å². The lowest BCUT2D eigenvalue weighted by Gasteiger charge is -2.59. The number of unbranched alkanes of at least 4 members (excludes halogenated alkanes) is 5. The minimum absolute atomic E-state index is 0.0267. The maximum absolute atomic E-state index is 13.9. The highest BCUT2D eigenvalue weighted by atomic mass is 16.6. The number of rotatable bonds is 52. The molecule has 3 fully saturated rings. The summed E-state index contributed by atoms with van der Waals surface area (Å²) in [4.78, 5) is 56.8. The lowest BCUT2D eigenvalue weighted by molar-refractivity contribution is -0.185. The van der Waals surface area contributed by atoms with E-state index in [0.29, 0.717) is 174 Å². The van der Waals surface area contributed by atoms with Crippen LogP contribution in [0.25, 0.3) is 0 Å². The summed E-state index contributed by atoms with van der Waals surface area (Å²) in [5, 5.41) is 24.6. The molecule has 1 unspecified atom stereocenters. The first-order chi connectivity index (χ1) is 42.5. The Labute approximate surface area is 532 Å². The van der Waals surface area contributed by atoms with E-state index in [-0.39, 0.29) is 60.7 Å². The van der Waals surface area contributed by atoms with Crippen LogP contribution in [0.2, 0.25) is 0 Å². The molecule has 10 N–H and O–H groups in total. The van der Waals surface area contributed by atoms with Gasteiger partial charge in [-0.2, -0.15) is 0 Å². The maximum atomic E-state index is 13.9. The zero-order valence-electron chi connectivity index (χ0n) is 56.3. The molecule has 0 bridgehead atoms. The molecule has 3 aliphatic rings. The second kappa shape index (κ2) is 47.1. The number of amides is 3. The summed E-state index contributed by atoms with van der Waals surface area (Å²) in [6.07, 6.45) is 19.5. The number of carboxylic acid groups (broad SMARTS) is 2. The van der Waals surface area contributed by atoms with Gasteiger partial charge in [0.1, 0.15) is 0 Å². The summed E-state index contributed by atoms with van der Waals surface area (Å²) in [7, 11) is 0. The zero-order valence-corrected chi connectivity index (χ0v) is 56.3. The smallest absolute Gasteiger partial charge is 0.317 e. The largest absolute Gasteiger partial charge is 0.480 e. The molecule has 88 heavy (non-hydrogen) atoms. The molecule has 3 amide bonds. The standard InChI is InChI=1S/C66H129N9O13/c1-8-11-12-13-14-15-30-75(64(81)71-29-42-83-44-46-85-48-47-84-45-43-82-41-28-70-60(76)50-72-32-34-73(51-61(77)78)36-37-74(35-33-72)52-62(79)80)31-16-20-53(4)55-21-22-56-63(58(10-3)87-39-18-26-68)57(49-59(66(55,56)7)88-40-19-27-69)65(5,6)24-23-54(9-2)86-38-17-25-67/h53-59,63H,8-52,67-69H2,1-7H3,(H,70,76)(H,71,81)(H,77,78)(H,79,80)/t53-,54+,55-,56+,57+,58-,59+,63?,66-/m1/s1. The van der Waals surface area contributed by atoms with Crippen LogP contribution < -0.4 is 27.8 Å². The summed E-state index contributed by atoms with van der Waals surface area (Å²) in [6.45, 7) is 28.7. The summed E-state index contributed by atoms with van der Waals surface area (Å²) >= 11 is 0. The quantitative estimate of drug-likeness (QED) is 0.0318. The topological polar surface area (TPSA) is 288 Å². The normalized spacial score (nSPS) is 22.5. The molecule has 3 rings (SSSR count). The number of nitrogens with two attached hydrogens (primary N) is 3. The van der Waals surface area contributed by atoms with Gasteiger partial charge in [0, 0.05) is 90.7 Å². The highest BCUT2D eigenvalue weighted by Crippen LogP contribution is 2.65. The van der Waals surface area contributed by atoms with E-state index in [1.165, 1.54) is 38.5 Å². The fourth-order valence-electron chi connectivity index (χ4n) is 14.2. The fraction of sp³-hybridized carbons (Fsp3) is 0.939. The summed E-state index contributed by atoms with van der Waals surface area (Å²) in [6, 6.07) is -0.0267. The molecular formula is C66H129N9O13. The molecule has 0 aromatic carbocycles. The Morgan fingerprint density at radius 2 is 1.12 bits per heavy atom. The van der Waals surface area contributed by atoms with E-state index in [2.05, 4.69) is 59.1 Å². The Kier molecular flexibility index (Phi) is 42.5. The van der Waals surface area contributed by atoms with Crippen LogP contribution in [0.3, 0.4) is 0 Å². The van der Waals surface area contributed by atoms with Crippen LogP contribution in [0.15, 0.2) is 0 Å². The van der Waals surface area contributed by atoms with Crippen LogP contribution in [0, 0.1) is 40.4 Å². The van der Waals surface area contributed by atoms with Crippen molar-refractivity contribution in [3.8, 4) is 0 Å². The second-order valence-corrected chi connectivity index (χ2v) is 26.1. The predicted molar refractivity (Wildman–Crippen MR) is 347 cm³/mol. The molecule has 2 aliphatic carbocycles. The van der Waals surface area contributed by atoms with Crippen molar-refractivity contribution in [1.29, 1.82) is 0 Å². The zero-order chi connectivity index (χ0) is 64.4. The molecule has 0 aromatic rings. The van der Waals surface area contributed by atoms with E-state index in [9.17, 15) is 29.4 Å². The van der Waals surface area contributed by atoms with Crippen molar-refractivity contribution in [1.82, 2.24) is 30.2 Å². The molecule has 0 spiro atoms. The summed E-state index contributed by atoms with van der Waals surface area (Å²) in [5.41, 5.74) is 18.0. The average molecular weight is 1260 g/mol. The van der Waals surface area contributed by atoms with Crippen molar-refractivity contribution < 1.29 is 62.5 Å². The minimum Gasteiger partial charge on any atom is -0.480 e. The van der Waals surface area contributed by atoms with E-state index in [1.807, 2.05) is 9.80 Å². The van der Waals surface area contributed by atoms with Gasteiger partial charge in [0.15, 0.2) is 0 Å². The Morgan fingerprint density at radius 3 is 1.67 bits per heavy atom. The van der Waals surface area contributed by atoms with E-state index in [1.54, 1.807) is 9.80 Å². The average Bonchev–Trinajstić information content (AvgIpc) is 1.52. The van der Waals surface area contributed by atoms with E-state index < -0.39 is 11.9 Å². The van der Waals surface area contributed by atoms with Crippen molar-refractivity contribution in [2.45, 2.75) is 182 Å². The number of ether oxygens (including phenoxy) is 7. The Morgan fingerprint density at radius 1 is 0.614 bits per heavy atom. The number of carbonyl (C=O) groups is 4. The van der Waals surface area contributed by atoms with Crippen molar-refractivity contribution in [2.24, 2.45) is 57.6 Å². The van der Waals surface area contributed by atoms with Crippen LogP contribution in [0.5, 0.6) is 0 Å². The number of hydrogen-bond acceptors (Lipinski definition) is 17. The van der Waals surface area contributed by atoms with Crippen LogP contribution in [-0.2, 0) is 47.5 Å². The number of carboxylic acids is 2. The van der Waals surface area contributed by atoms with Gasteiger partial charge in [-0.1, -0.05) is 80.6 Å². The fourth-order valence-corrected chi connectivity index (χ4v) is 14.2. The first-order valence-electron chi connectivity index (χ1n) is 34.6. The molecular weight excluding hydrogens is 1130 g/mol. The number of aliphatic carboxylic acids is 2. The third-order valence-corrected chi connectivity index (χ3v) is 19.3. The van der Waals surface area contributed by atoms with Gasteiger partial charge in [0.2, 0.25) is 5.91 Å². The number of nitrogens with zero attached hydrogens (tertiary/aromatic N) is 4. The molecule has 1 saturated heterocycles. The number of hydrogen-bond donors (Lipinski definition) is 7. The van der Waals surface area contributed by atoms with Crippen LogP contribution >= 0.6 is 0 Å². The third-order valence-electron chi connectivity index (χ3n) is 19.3. The number of fused-ring (bicyclic) bond motifs is 1. The molecule has 22 nitrogen and oxygen atoms in total. The molecule has 22 heteroatoms. The highest BCUT2D eigenvalue weighted by Gasteiger charge is 2.63. The lowest BCUT2D eigenvalue weighted by Crippen LogP contribution is -2.58. The SMILES string of the molecule is CCCCCCCCN(CCC[C@@H](C)[C@H]1CC[C@H]2C([C@@H](CC)OCCCN)[C@@H](C(C)(C)CC[C@H](CC)OCCCN)C[C@H](OCCCN)[C@]12C)C(=O)NCCOCCOCCOCCOCCNC(=O)CN1CCN(CC(=O)O)CCN(CC(=O)O)CC1. The molecule has 1 aliphatic heterocycles. The molecule has 0 radical (unpaired) electrons. The Bertz CT molecular complexity index is 1800. The Hall–Kier alpha value is -2.84. The lowest BCUT2D eigenvalue weighted by atomic mass is 9.49. The van der Waals surface area contributed by atoms with Crippen LogP contribution in [0.1, 0.15) is 164 Å². The Balaban J connectivity index is 1.46. The van der Waals surface area contributed by atoms with Gasteiger partial charge in [-0.3, -0.25) is 29.1 Å². The van der Waals surface area contributed by atoms with Crippen LogP contribution in [-0.4, -0.2) is 249 Å². The third kappa shape index (κ3) is 30.7. The molecule has 516 valence electrons. The van der Waals surface area contributed by atoms with Crippen molar-refractivity contribution in [3.63, 3.8) is 0 Å². The molecule has 0 aromatic heterocycles. The van der Waals surface area contributed by atoms with E-state index >= 15 is 0 Å². The maximum Gasteiger partial charge on any atom is 0.317 e. The van der Waals surface area contributed by atoms with E-state index in [4.69, 9.17) is 50.4 Å². The first-order valence-corrected chi connectivity index (χ1v) is 34.6. The highest BCUT2D eigenvalue weighted by molar-refractivity contribution is 5.78. The molecule has 1 heterocycles.